The first-order valence-corrected chi connectivity index (χ1v) is 17.6. The van der Waals surface area contributed by atoms with Gasteiger partial charge in [0.15, 0.2) is 11.5 Å². The molecule has 2 amide bonds. The van der Waals surface area contributed by atoms with Crippen LogP contribution in [0.3, 0.4) is 0 Å². The highest BCUT2D eigenvalue weighted by atomic mass is 35.5. The predicted molar refractivity (Wildman–Crippen MR) is 193 cm³/mol. The van der Waals surface area contributed by atoms with Gasteiger partial charge in [0.2, 0.25) is 11.8 Å². The molecule has 266 valence electrons. The molecule has 0 saturated carbocycles. The molecule has 0 heterocycles. The lowest BCUT2D eigenvalue weighted by atomic mass is 10.0. The van der Waals surface area contributed by atoms with Crippen molar-refractivity contribution in [1.29, 1.82) is 0 Å². The second-order valence-electron chi connectivity index (χ2n) is 11.6. The van der Waals surface area contributed by atoms with E-state index in [1.54, 1.807) is 36.4 Å². The lowest BCUT2D eigenvalue weighted by Crippen LogP contribution is -2.54. The van der Waals surface area contributed by atoms with E-state index < -0.39 is 28.5 Å². The van der Waals surface area contributed by atoms with Gasteiger partial charge in [0.1, 0.15) is 24.1 Å². The standard InChI is InChI=1S/C37H42ClN3O8S/c1-25(2)39-37(43)32(20-26-10-8-7-9-11-26)40(23-27-12-14-28(38)15-13-27)36(42)24-41(31-21-29(46-3)16-18-33(31)47-4)50(44,45)30-17-19-34(48-5)35(22-30)49-6/h7-19,21-22,25,32H,20,23-24H2,1-6H3,(H,39,43)/t32-/m1/s1. The highest BCUT2D eigenvalue weighted by Gasteiger charge is 2.36. The fourth-order valence-corrected chi connectivity index (χ4v) is 6.89. The van der Waals surface area contributed by atoms with E-state index in [1.165, 1.54) is 57.6 Å². The van der Waals surface area contributed by atoms with E-state index in [0.717, 1.165) is 9.87 Å². The van der Waals surface area contributed by atoms with Crippen molar-refractivity contribution >= 4 is 39.1 Å². The summed E-state index contributed by atoms with van der Waals surface area (Å²) in [5.74, 6) is -0.0346. The van der Waals surface area contributed by atoms with Crippen LogP contribution in [-0.4, -0.2) is 72.2 Å². The number of ether oxygens (including phenoxy) is 4. The molecule has 11 nitrogen and oxygen atoms in total. The number of nitrogens with zero attached hydrogens (tertiary/aromatic N) is 2. The summed E-state index contributed by atoms with van der Waals surface area (Å²) < 4.78 is 52.0. The third-order valence-corrected chi connectivity index (χ3v) is 9.85. The Balaban J connectivity index is 1.90. The van der Waals surface area contributed by atoms with Gasteiger partial charge in [-0.15, -0.1) is 0 Å². The topological polar surface area (TPSA) is 124 Å². The predicted octanol–water partition coefficient (Wildman–Crippen LogP) is 5.73. The average molecular weight is 724 g/mol. The van der Waals surface area contributed by atoms with Gasteiger partial charge in [0.25, 0.3) is 10.0 Å². The number of methoxy groups -OCH3 is 4. The number of nitrogens with one attached hydrogen (secondary N) is 1. The molecule has 0 aliphatic heterocycles. The van der Waals surface area contributed by atoms with Crippen LogP contribution < -0.4 is 28.6 Å². The van der Waals surface area contributed by atoms with Crippen LogP contribution in [0.1, 0.15) is 25.0 Å². The van der Waals surface area contributed by atoms with Crippen LogP contribution in [0.2, 0.25) is 5.02 Å². The van der Waals surface area contributed by atoms with Crippen LogP contribution in [0, 0.1) is 0 Å². The molecule has 13 heteroatoms. The zero-order chi connectivity index (χ0) is 36.4. The van der Waals surface area contributed by atoms with E-state index >= 15 is 0 Å². The smallest absolute Gasteiger partial charge is 0.265 e. The second kappa shape index (κ2) is 17.1. The highest BCUT2D eigenvalue weighted by Crippen LogP contribution is 2.38. The first kappa shape index (κ1) is 37.9. The van der Waals surface area contributed by atoms with E-state index in [1.807, 2.05) is 44.2 Å². The van der Waals surface area contributed by atoms with Crippen LogP contribution >= 0.6 is 11.6 Å². The molecule has 0 aliphatic rings. The Morgan fingerprint density at radius 3 is 2.00 bits per heavy atom. The molecule has 0 unspecified atom stereocenters. The van der Waals surface area contributed by atoms with Gasteiger partial charge in [-0.05, 0) is 61.4 Å². The van der Waals surface area contributed by atoms with E-state index in [0.29, 0.717) is 22.1 Å². The van der Waals surface area contributed by atoms with E-state index in [-0.39, 0.29) is 47.0 Å². The highest BCUT2D eigenvalue weighted by molar-refractivity contribution is 7.92. The van der Waals surface area contributed by atoms with Crippen LogP contribution in [0.25, 0.3) is 0 Å². The summed E-state index contributed by atoms with van der Waals surface area (Å²) in [6, 6.07) is 23.7. The first-order chi connectivity index (χ1) is 23.9. The fourth-order valence-electron chi connectivity index (χ4n) is 5.33. The zero-order valence-corrected chi connectivity index (χ0v) is 30.5. The molecule has 0 fully saturated rings. The van der Waals surface area contributed by atoms with Gasteiger partial charge in [-0.3, -0.25) is 13.9 Å². The van der Waals surface area contributed by atoms with Gasteiger partial charge in [-0.1, -0.05) is 54.1 Å². The number of carbonyl (C=O) groups is 2. The number of sulfonamides is 1. The maximum Gasteiger partial charge on any atom is 0.265 e. The lowest BCUT2D eigenvalue weighted by Gasteiger charge is -2.34. The Kier molecular flexibility index (Phi) is 13.0. The Bertz CT molecular complexity index is 1870. The van der Waals surface area contributed by atoms with Crippen molar-refractivity contribution in [1.82, 2.24) is 10.2 Å². The van der Waals surface area contributed by atoms with Crippen molar-refractivity contribution in [3.8, 4) is 23.0 Å². The molecule has 4 aromatic rings. The van der Waals surface area contributed by atoms with Crippen molar-refractivity contribution in [3.05, 3.63) is 107 Å². The third-order valence-electron chi connectivity index (χ3n) is 7.84. The zero-order valence-electron chi connectivity index (χ0n) is 28.9. The maximum atomic E-state index is 14.8. The molecular formula is C37H42ClN3O8S. The lowest BCUT2D eigenvalue weighted by molar-refractivity contribution is -0.140. The summed E-state index contributed by atoms with van der Waals surface area (Å²) in [4.78, 5) is 29.9. The normalized spacial score (nSPS) is 11.8. The molecule has 1 atom stereocenters. The van der Waals surface area contributed by atoms with Gasteiger partial charge in [0.05, 0.1) is 39.0 Å². The molecule has 0 radical (unpaired) electrons. The number of hydrogen-bond donors (Lipinski definition) is 1. The summed E-state index contributed by atoms with van der Waals surface area (Å²) in [5, 5.41) is 3.45. The van der Waals surface area contributed by atoms with Gasteiger partial charge in [-0.2, -0.15) is 0 Å². The molecule has 0 spiro atoms. The van der Waals surface area contributed by atoms with Crippen LogP contribution in [-0.2, 0) is 32.6 Å². The monoisotopic (exact) mass is 723 g/mol. The number of rotatable bonds is 16. The molecule has 0 aliphatic carbocycles. The van der Waals surface area contributed by atoms with Crippen molar-refractivity contribution in [3.63, 3.8) is 0 Å². The molecule has 0 bridgehead atoms. The number of amides is 2. The molecule has 0 aromatic heterocycles. The fraction of sp³-hybridized carbons (Fsp3) is 0.297. The minimum absolute atomic E-state index is 0.0154. The number of hydrogen-bond acceptors (Lipinski definition) is 8. The minimum atomic E-state index is -4.50. The van der Waals surface area contributed by atoms with Crippen molar-refractivity contribution in [2.45, 2.75) is 43.8 Å². The van der Waals surface area contributed by atoms with Gasteiger partial charge < -0.3 is 29.2 Å². The third kappa shape index (κ3) is 9.19. The summed E-state index contributed by atoms with van der Waals surface area (Å²) in [5.41, 5.74) is 1.55. The van der Waals surface area contributed by atoms with E-state index in [9.17, 15) is 18.0 Å². The van der Waals surface area contributed by atoms with Crippen molar-refractivity contribution in [2.24, 2.45) is 0 Å². The molecular weight excluding hydrogens is 682 g/mol. The maximum absolute atomic E-state index is 14.8. The largest absolute Gasteiger partial charge is 0.497 e. The van der Waals surface area contributed by atoms with Crippen LogP contribution in [0.5, 0.6) is 23.0 Å². The van der Waals surface area contributed by atoms with Gasteiger partial charge in [0, 0.05) is 36.2 Å². The number of anilines is 1. The first-order valence-electron chi connectivity index (χ1n) is 15.8. The summed E-state index contributed by atoms with van der Waals surface area (Å²) in [7, 11) is 1.17. The van der Waals surface area contributed by atoms with Gasteiger partial charge >= 0.3 is 0 Å². The quantitative estimate of drug-likeness (QED) is 0.156. The number of carbonyl (C=O) groups excluding carboxylic acids is 2. The Morgan fingerprint density at radius 2 is 1.40 bits per heavy atom. The molecule has 0 saturated heterocycles. The number of halogens is 1. The average Bonchev–Trinajstić information content (AvgIpc) is 3.12. The van der Waals surface area contributed by atoms with Gasteiger partial charge in [-0.25, -0.2) is 8.42 Å². The second-order valence-corrected chi connectivity index (χ2v) is 13.9. The SMILES string of the molecule is COc1ccc(OC)c(N(CC(=O)N(Cc2ccc(Cl)cc2)[C@H](Cc2ccccc2)C(=O)NC(C)C)S(=O)(=O)c2ccc(OC)c(OC)c2)c1. The molecule has 4 rings (SSSR count). The Hall–Kier alpha value is -4.94. The summed E-state index contributed by atoms with van der Waals surface area (Å²) >= 11 is 6.17. The molecule has 1 N–H and O–H groups in total. The number of benzene rings is 4. The summed E-state index contributed by atoms with van der Waals surface area (Å²) in [6.07, 6.45) is 0.170. The van der Waals surface area contributed by atoms with Crippen molar-refractivity contribution < 1.29 is 37.0 Å². The van der Waals surface area contributed by atoms with Crippen LogP contribution in [0.4, 0.5) is 5.69 Å². The Morgan fingerprint density at radius 1 is 0.760 bits per heavy atom. The summed E-state index contributed by atoms with van der Waals surface area (Å²) in [6.45, 7) is 2.94. The van der Waals surface area contributed by atoms with Crippen LogP contribution in [0.15, 0.2) is 95.9 Å². The van der Waals surface area contributed by atoms with Crippen molar-refractivity contribution in [2.75, 3.05) is 39.3 Å². The molecule has 4 aromatic carbocycles. The van der Waals surface area contributed by atoms with E-state index in [4.69, 9.17) is 30.5 Å². The Labute approximate surface area is 298 Å². The molecule has 50 heavy (non-hydrogen) atoms. The van der Waals surface area contributed by atoms with E-state index in [2.05, 4.69) is 5.32 Å². The minimum Gasteiger partial charge on any atom is -0.497 e.